The largest absolute Gasteiger partial charge is 0.456 e. The highest BCUT2D eigenvalue weighted by Crippen LogP contribution is 2.52. The molecule has 0 bridgehead atoms. The zero-order valence-corrected chi connectivity index (χ0v) is 35.5. The molecule has 0 saturated heterocycles. The highest BCUT2D eigenvalue weighted by Gasteiger charge is 2.37. The summed E-state index contributed by atoms with van der Waals surface area (Å²) in [5.74, 6) is 1.87. The Kier molecular flexibility index (Phi) is 8.80. The summed E-state index contributed by atoms with van der Waals surface area (Å²) >= 11 is 0. The van der Waals surface area contributed by atoms with Crippen LogP contribution in [-0.2, 0) is 5.41 Å². The summed E-state index contributed by atoms with van der Waals surface area (Å²) in [6.45, 7) is 4.61. The number of rotatable bonds is 7. The first kappa shape index (κ1) is 37.5. The molecule has 0 N–H and O–H groups in total. The maximum atomic E-state index is 6.53. The molecular weight excluding hydrogens is 779 g/mol. The Balaban J connectivity index is 0.997. The number of hydrogen-bond acceptors (Lipinski definition) is 4. The first-order chi connectivity index (χ1) is 31.5. The number of aromatic nitrogens is 3. The molecule has 2 aromatic heterocycles. The molecule has 2 heterocycles. The van der Waals surface area contributed by atoms with E-state index in [9.17, 15) is 0 Å². The van der Waals surface area contributed by atoms with E-state index in [-0.39, 0.29) is 5.41 Å². The number of hydrogen-bond donors (Lipinski definition) is 0. The second-order valence-electron chi connectivity index (χ2n) is 17.2. The smallest absolute Gasteiger partial charge is 0.164 e. The maximum absolute atomic E-state index is 6.53. The monoisotopic (exact) mass is 819 g/mol. The van der Waals surface area contributed by atoms with Gasteiger partial charge in [-0.1, -0.05) is 190 Å². The molecule has 9 aromatic carbocycles. The van der Waals surface area contributed by atoms with E-state index in [0.717, 1.165) is 66.4 Å². The third kappa shape index (κ3) is 6.34. The Bertz CT molecular complexity index is 3590. The van der Waals surface area contributed by atoms with E-state index in [1.54, 1.807) is 0 Å². The van der Waals surface area contributed by atoms with E-state index in [0.29, 0.717) is 17.5 Å². The van der Waals surface area contributed by atoms with Crippen molar-refractivity contribution in [2.45, 2.75) is 19.3 Å². The van der Waals surface area contributed by atoms with E-state index in [2.05, 4.69) is 220 Å². The SMILES string of the molecule is CC1(C)c2ccccc2-c2c(-c3nc(-c4cccc(-c5cccc(-c6ccccc6)c5)c4)nc(-c4cccc(-c5ccc6c(c5)oc5cccc(-c7ccccc7)c56)c4)n3)cccc21. The first-order valence-corrected chi connectivity index (χ1v) is 21.8. The van der Waals surface area contributed by atoms with Crippen molar-refractivity contribution < 1.29 is 4.42 Å². The lowest BCUT2D eigenvalue weighted by Crippen LogP contribution is -2.14. The van der Waals surface area contributed by atoms with Crippen molar-refractivity contribution >= 4 is 21.9 Å². The summed E-state index contributed by atoms with van der Waals surface area (Å²) in [5.41, 5.74) is 18.4. The quantitative estimate of drug-likeness (QED) is 0.161. The summed E-state index contributed by atoms with van der Waals surface area (Å²) in [7, 11) is 0. The third-order valence-corrected chi connectivity index (χ3v) is 12.9. The van der Waals surface area contributed by atoms with Crippen molar-refractivity contribution in [3.05, 3.63) is 223 Å². The van der Waals surface area contributed by atoms with Gasteiger partial charge in [-0.05, 0) is 103 Å². The second kappa shape index (κ2) is 15.0. The number of benzene rings is 9. The summed E-state index contributed by atoms with van der Waals surface area (Å²) in [6.07, 6.45) is 0. The maximum Gasteiger partial charge on any atom is 0.164 e. The molecule has 12 rings (SSSR count). The van der Waals surface area contributed by atoms with Gasteiger partial charge < -0.3 is 4.42 Å². The minimum absolute atomic E-state index is 0.165. The van der Waals surface area contributed by atoms with Crippen molar-refractivity contribution in [3.63, 3.8) is 0 Å². The molecule has 0 fully saturated rings. The number of fused-ring (bicyclic) bond motifs is 6. The van der Waals surface area contributed by atoms with Crippen molar-refractivity contribution in [2.75, 3.05) is 0 Å². The highest BCUT2D eigenvalue weighted by molar-refractivity contribution is 6.13. The first-order valence-electron chi connectivity index (χ1n) is 21.8. The fourth-order valence-corrected chi connectivity index (χ4v) is 9.74. The van der Waals surface area contributed by atoms with Crippen LogP contribution in [0.4, 0.5) is 0 Å². The van der Waals surface area contributed by atoms with Crippen LogP contribution < -0.4 is 0 Å². The minimum atomic E-state index is -0.165. The van der Waals surface area contributed by atoms with Gasteiger partial charge in [-0.15, -0.1) is 0 Å². The van der Waals surface area contributed by atoms with Gasteiger partial charge in [0.2, 0.25) is 0 Å². The lowest BCUT2D eigenvalue weighted by molar-refractivity contribution is 0.660. The number of nitrogens with zero attached hydrogens (tertiary/aromatic N) is 3. The molecule has 1 aliphatic rings. The molecule has 4 nitrogen and oxygen atoms in total. The summed E-state index contributed by atoms with van der Waals surface area (Å²) in [4.78, 5) is 15.9. The topological polar surface area (TPSA) is 51.8 Å². The Morgan fingerprint density at radius 1 is 0.328 bits per heavy atom. The van der Waals surface area contributed by atoms with Crippen LogP contribution in [-0.4, -0.2) is 15.0 Å². The van der Waals surface area contributed by atoms with Crippen LogP contribution in [0.3, 0.4) is 0 Å². The minimum Gasteiger partial charge on any atom is -0.456 e. The fourth-order valence-electron chi connectivity index (χ4n) is 9.74. The molecule has 0 atom stereocenters. The molecular formula is C60H41N3O. The molecule has 302 valence electrons. The Morgan fingerprint density at radius 3 is 1.48 bits per heavy atom. The summed E-state index contributed by atoms with van der Waals surface area (Å²) in [5, 5.41) is 2.22. The van der Waals surface area contributed by atoms with Crippen LogP contribution in [0.2, 0.25) is 0 Å². The molecule has 0 spiro atoms. The lowest BCUT2D eigenvalue weighted by Gasteiger charge is -2.21. The average molecular weight is 820 g/mol. The van der Waals surface area contributed by atoms with E-state index in [4.69, 9.17) is 19.4 Å². The van der Waals surface area contributed by atoms with Crippen LogP contribution in [0.25, 0.3) is 112 Å². The molecule has 0 radical (unpaired) electrons. The lowest BCUT2D eigenvalue weighted by atomic mass is 9.82. The second-order valence-corrected chi connectivity index (χ2v) is 17.2. The molecule has 11 aromatic rings. The summed E-state index contributed by atoms with van der Waals surface area (Å²) < 4.78 is 6.53. The van der Waals surface area contributed by atoms with Gasteiger partial charge in [-0.25, -0.2) is 15.0 Å². The van der Waals surface area contributed by atoms with Gasteiger partial charge in [-0.3, -0.25) is 0 Å². The van der Waals surface area contributed by atoms with Crippen LogP contribution in [0.5, 0.6) is 0 Å². The van der Waals surface area contributed by atoms with Crippen molar-refractivity contribution in [1.82, 2.24) is 15.0 Å². The fraction of sp³-hybridized carbons (Fsp3) is 0.0500. The molecule has 4 heteroatoms. The van der Waals surface area contributed by atoms with E-state index in [1.165, 1.54) is 38.9 Å². The van der Waals surface area contributed by atoms with Gasteiger partial charge in [0.25, 0.3) is 0 Å². The van der Waals surface area contributed by atoms with Gasteiger partial charge in [0.15, 0.2) is 17.5 Å². The molecule has 0 unspecified atom stereocenters. The van der Waals surface area contributed by atoms with E-state index in [1.807, 2.05) is 6.07 Å². The molecule has 64 heavy (non-hydrogen) atoms. The van der Waals surface area contributed by atoms with Gasteiger partial charge >= 0.3 is 0 Å². The highest BCUT2D eigenvalue weighted by atomic mass is 16.3. The molecule has 0 aliphatic heterocycles. The standard InChI is InChI=1S/C60H41N3O/c1-60(2)51-29-10-9-26-48(51)55-50(28-14-30-52(55)60)59-62-57(45-24-12-22-42(35-45)41-21-11-20-40(34-41)38-16-5-3-6-17-38)61-58(63-59)46-25-13-23-43(36-46)44-32-33-49-54(37-44)64-53-31-15-27-47(56(49)53)39-18-7-4-8-19-39/h3-37H,1-2H3. The summed E-state index contributed by atoms with van der Waals surface area (Å²) in [6, 6.07) is 74.9. The van der Waals surface area contributed by atoms with Gasteiger partial charge in [0.1, 0.15) is 11.2 Å². The van der Waals surface area contributed by atoms with Crippen LogP contribution in [0.15, 0.2) is 217 Å². The van der Waals surface area contributed by atoms with Gasteiger partial charge in [0, 0.05) is 32.9 Å². The number of furan rings is 1. The molecule has 0 saturated carbocycles. The van der Waals surface area contributed by atoms with Gasteiger partial charge in [0.05, 0.1) is 0 Å². The normalized spacial score (nSPS) is 12.7. The molecule has 0 amide bonds. The zero-order chi connectivity index (χ0) is 42.8. The average Bonchev–Trinajstić information content (AvgIpc) is 3.86. The predicted molar refractivity (Wildman–Crippen MR) is 263 cm³/mol. The zero-order valence-electron chi connectivity index (χ0n) is 35.5. The van der Waals surface area contributed by atoms with E-state index < -0.39 is 0 Å². The van der Waals surface area contributed by atoms with Crippen LogP contribution >= 0.6 is 0 Å². The Labute approximate surface area is 372 Å². The van der Waals surface area contributed by atoms with Gasteiger partial charge in [-0.2, -0.15) is 0 Å². The predicted octanol–water partition coefficient (Wildman–Crippen LogP) is 15.7. The van der Waals surface area contributed by atoms with Crippen LogP contribution in [0.1, 0.15) is 25.0 Å². The van der Waals surface area contributed by atoms with Crippen molar-refractivity contribution in [3.8, 4) is 89.8 Å². The van der Waals surface area contributed by atoms with Crippen molar-refractivity contribution in [2.24, 2.45) is 0 Å². The Hall–Kier alpha value is -8.21. The Morgan fingerprint density at radius 2 is 0.797 bits per heavy atom. The van der Waals surface area contributed by atoms with E-state index >= 15 is 0 Å². The van der Waals surface area contributed by atoms with Crippen LogP contribution in [0, 0.1) is 0 Å². The molecule has 1 aliphatic carbocycles. The van der Waals surface area contributed by atoms with Crippen molar-refractivity contribution in [1.29, 1.82) is 0 Å². The third-order valence-electron chi connectivity index (χ3n) is 12.9.